The van der Waals surface area contributed by atoms with Crippen LogP contribution in [0.25, 0.3) is 0 Å². The third-order valence-electron chi connectivity index (χ3n) is 0.860. The van der Waals surface area contributed by atoms with E-state index in [0.717, 1.165) is 12.0 Å². The van der Waals surface area contributed by atoms with Crippen molar-refractivity contribution in [2.75, 3.05) is 6.61 Å². The molecule has 0 unspecified atom stereocenters. The monoisotopic (exact) mass is 124 g/mol. The highest BCUT2D eigenvalue weighted by molar-refractivity contribution is 5.25. The van der Waals surface area contributed by atoms with Crippen molar-refractivity contribution in [3.05, 3.63) is 11.6 Å². The average Bonchev–Trinajstić information content (AvgIpc) is 1.85. The summed E-state index contributed by atoms with van der Waals surface area (Å²) in [6.07, 6.45) is 2.57. The van der Waals surface area contributed by atoms with Gasteiger partial charge >= 0.3 is 0 Å². The quantitative estimate of drug-likeness (QED) is 0.523. The standard InChI is InChI=1S/C8H12O/c1-3-4-5-8(2)6-7-9/h6,9H,3,7H2,1-2H3/b8-6-. The van der Waals surface area contributed by atoms with Gasteiger partial charge in [-0.15, -0.1) is 0 Å². The van der Waals surface area contributed by atoms with Crippen LogP contribution in [-0.4, -0.2) is 11.7 Å². The molecule has 0 saturated carbocycles. The van der Waals surface area contributed by atoms with Gasteiger partial charge < -0.3 is 5.11 Å². The molecule has 0 aliphatic carbocycles. The lowest BCUT2D eigenvalue weighted by atomic mass is 10.3. The number of hydrogen-bond donors (Lipinski definition) is 1. The summed E-state index contributed by atoms with van der Waals surface area (Å²) < 4.78 is 0. The molecule has 0 aliphatic rings. The maximum Gasteiger partial charge on any atom is 0.0624 e. The summed E-state index contributed by atoms with van der Waals surface area (Å²) in [5, 5.41) is 8.39. The second-order valence-electron chi connectivity index (χ2n) is 1.73. The summed E-state index contributed by atoms with van der Waals surface area (Å²) in [6, 6.07) is 0. The van der Waals surface area contributed by atoms with Crippen LogP contribution in [0.3, 0.4) is 0 Å². The normalized spacial score (nSPS) is 10.3. The SMILES string of the molecule is CCC#C/C(C)=C\CO. The van der Waals surface area contributed by atoms with E-state index in [4.69, 9.17) is 5.11 Å². The number of hydrogen-bond acceptors (Lipinski definition) is 1. The maximum absolute atomic E-state index is 8.39. The summed E-state index contributed by atoms with van der Waals surface area (Å²) in [5.41, 5.74) is 0.944. The van der Waals surface area contributed by atoms with Crippen LogP contribution in [0, 0.1) is 11.8 Å². The van der Waals surface area contributed by atoms with Gasteiger partial charge in [-0.2, -0.15) is 0 Å². The second-order valence-corrected chi connectivity index (χ2v) is 1.73. The molecule has 9 heavy (non-hydrogen) atoms. The number of rotatable bonds is 1. The zero-order valence-corrected chi connectivity index (χ0v) is 5.94. The van der Waals surface area contributed by atoms with Gasteiger partial charge in [-0.05, 0) is 18.6 Å². The summed E-state index contributed by atoms with van der Waals surface area (Å²) in [6.45, 7) is 3.97. The fourth-order valence-electron chi connectivity index (χ4n) is 0.416. The topological polar surface area (TPSA) is 20.2 Å². The summed E-state index contributed by atoms with van der Waals surface area (Å²) in [4.78, 5) is 0. The lowest BCUT2D eigenvalue weighted by molar-refractivity contribution is 0.342. The van der Waals surface area contributed by atoms with Crippen LogP contribution in [0.2, 0.25) is 0 Å². The van der Waals surface area contributed by atoms with Crippen LogP contribution in [-0.2, 0) is 0 Å². The first-order valence-corrected chi connectivity index (χ1v) is 3.07. The molecule has 0 atom stereocenters. The van der Waals surface area contributed by atoms with Crippen LogP contribution in [0.1, 0.15) is 20.3 Å². The van der Waals surface area contributed by atoms with Crippen LogP contribution in [0.5, 0.6) is 0 Å². The molecule has 0 aliphatic heterocycles. The summed E-state index contributed by atoms with van der Waals surface area (Å²) in [5.74, 6) is 5.79. The molecule has 0 rings (SSSR count). The zero-order valence-electron chi connectivity index (χ0n) is 5.94. The third kappa shape index (κ3) is 5.13. The molecule has 0 bridgehead atoms. The minimum atomic E-state index is 0.0875. The Kier molecular flexibility index (Phi) is 4.95. The van der Waals surface area contributed by atoms with Crippen molar-refractivity contribution < 1.29 is 5.11 Å². The Balaban J connectivity index is 3.74. The Hall–Kier alpha value is -0.740. The lowest BCUT2D eigenvalue weighted by Gasteiger charge is -1.82. The van der Waals surface area contributed by atoms with Crippen LogP contribution in [0.4, 0.5) is 0 Å². The van der Waals surface area contributed by atoms with Crippen LogP contribution < -0.4 is 0 Å². The van der Waals surface area contributed by atoms with E-state index < -0.39 is 0 Å². The first-order chi connectivity index (χ1) is 4.31. The fraction of sp³-hybridized carbons (Fsp3) is 0.500. The molecule has 0 amide bonds. The summed E-state index contributed by atoms with van der Waals surface area (Å²) >= 11 is 0. The number of aliphatic hydroxyl groups excluding tert-OH is 1. The van der Waals surface area contributed by atoms with E-state index in [9.17, 15) is 0 Å². The molecule has 0 spiro atoms. The Bertz CT molecular complexity index is 146. The molecule has 0 heterocycles. The predicted molar refractivity (Wildman–Crippen MR) is 38.9 cm³/mol. The number of allylic oxidation sites excluding steroid dienone is 1. The molecule has 0 radical (unpaired) electrons. The largest absolute Gasteiger partial charge is 0.392 e. The molecule has 1 N–H and O–H groups in total. The Morgan fingerprint density at radius 1 is 1.67 bits per heavy atom. The first kappa shape index (κ1) is 8.26. The van der Waals surface area contributed by atoms with Crippen LogP contribution in [0.15, 0.2) is 11.6 Å². The van der Waals surface area contributed by atoms with Gasteiger partial charge in [0.15, 0.2) is 0 Å². The first-order valence-electron chi connectivity index (χ1n) is 3.07. The lowest BCUT2D eigenvalue weighted by Crippen LogP contribution is -1.75. The van der Waals surface area contributed by atoms with E-state index in [2.05, 4.69) is 11.8 Å². The van der Waals surface area contributed by atoms with E-state index in [1.807, 2.05) is 13.8 Å². The van der Waals surface area contributed by atoms with Crippen LogP contribution >= 0.6 is 0 Å². The maximum atomic E-state index is 8.39. The summed E-state index contributed by atoms with van der Waals surface area (Å²) in [7, 11) is 0. The van der Waals surface area contributed by atoms with E-state index in [0.29, 0.717) is 0 Å². The minimum absolute atomic E-state index is 0.0875. The Morgan fingerprint density at radius 3 is 2.78 bits per heavy atom. The molecule has 1 heteroatoms. The van der Waals surface area contributed by atoms with Gasteiger partial charge in [0.2, 0.25) is 0 Å². The van der Waals surface area contributed by atoms with Crippen molar-refractivity contribution in [1.82, 2.24) is 0 Å². The zero-order chi connectivity index (χ0) is 7.11. The molecule has 0 fully saturated rings. The molecule has 50 valence electrons. The van der Waals surface area contributed by atoms with E-state index in [1.54, 1.807) is 6.08 Å². The van der Waals surface area contributed by atoms with Gasteiger partial charge in [0.25, 0.3) is 0 Å². The highest BCUT2D eigenvalue weighted by Crippen LogP contribution is 1.86. The molecule has 0 aromatic heterocycles. The second kappa shape index (κ2) is 5.40. The van der Waals surface area contributed by atoms with Crippen molar-refractivity contribution in [1.29, 1.82) is 0 Å². The Labute approximate surface area is 56.4 Å². The molecular formula is C8H12O. The molecule has 0 saturated heterocycles. The minimum Gasteiger partial charge on any atom is -0.392 e. The van der Waals surface area contributed by atoms with Crippen molar-refractivity contribution in [3.63, 3.8) is 0 Å². The van der Waals surface area contributed by atoms with Gasteiger partial charge in [0.1, 0.15) is 0 Å². The number of aliphatic hydroxyl groups is 1. The highest BCUT2D eigenvalue weighted by atomic mass is 16.2. The van der Waals surface area contributed by atoms with Gasteiger partial charge in [-0.3, -0.25) is 0 Å². The third-order valence-corrected chi connectivity index (χ3v) is 0.860. The smallest absolute Gasteiger partial charge is 0.0624 e. The van der Waals surface area contributed by atoms with E-state index in [-0.39, 0.29) is 6.61 Å². The van der Waals surface area contributed by atoms with Gasteiger partial charge in [-0.1, -0.05) is 18.8 Å². The van der Waals surface area contributed by atoms with E-state index >= 15 is 0 Å². The van der Waals surface area contributed by atoms with Crippen molar-refractivity contribution in [3.8, 4) is 11.8 Å². The molecule has 0 aromatic carbocycles. The molecular weight excluding hydrogens is 112 g/mol. The Morgan fingerprint density at radius 2 is 2.33 bits per heavy atom. The predicted octanol–water partition coefficient (Wildman–Crippen LogP) is 1.34. The highest BCUT2D eigenvalue weighted by Gasteiger charge is 1.75. The van der Waals surface area contributed by atoms with Gasteiger partial charge in [0, 0.05) is 6.42 Å². The average molecular weight is 124 g/mol. The molecule has 1 nitrogen and oxygen atoms in total. The van der Waals surface area contributed by atoms with Gasteiger partial charge in [-0.25, -0.2) is 0 Å². The van der Waals surface area contributed by atoms with Crippen molar-refractivity contribution in [2.45, 2.75) is 20.3 Å². The van der Waals surface area contributed by atoms with Crippen molar-refractivity contribution >= 4 is 0 Å². The molecule has 0 aromatic rings. The van der Waals surface area contributed by atoms with Gasteiger partial charge in [0.05, 0.1) is 6.61 Å². The fourth-order valence-corrected chi connectivity index (χ4v) is 0.416. The van der Waals surface area contributed by atoms with E-state index in [1.165, 1.54) is 0 Å². The van der Waals surface area contributed by atoms with Crippen molar-refractivity contribution in [2.24, 2.45) is 0 Å².